The van der Waals surface area contributed by atoms with E-state index in [0.717, 1.165) is 78.3 Å². The summed E-state index contributed by atoms with van der Waals surface area (Å²) in [4.78, 5) is 6.17. The van der Waals surface area contributed by atoms with Crippen molar-refractivity contribution in [2.24, 2.45) is 4.99 Å². The Morgan fingerprint density at radius 1 is 1.09 bits per heavy atom. The van der Waals surface area contributed by atoms with Crippen LogP contribution in [0.2, 0.25) is 5.02 Å². The first kappa shape index (κ1) is 24.1. The van der Waals surface area contributed by atoms with Crippen LogP contribution in [0.5, 0.6) is 0 Å². The Morgan fingerprint density at radius 3 is 2.64 bits per heavy atom. The highest BCUT2D eigenvalue weighted by molar-refractivity contribution is 7.85. The number of hydrogen-bond donors (Lipinski definition) is 0. The number of fused-ring (bicyclic) bond motifs is 3. The molecule has 10 heteroatoms. The number of aryl methyl sites for hydroxylation is 2. The van der Waals surface area contributed by atoms with E-state index in [4.69, 9.17) is 20.8 Å². The van der Waals surface area contributed by atoms with Crippen LogP contribution in [0.15, 0.2) is 35.3 Å². The van der Waals surface area contributed by atoms with Gasteiger partial charge in [-0.25, -0.2) is 0 Å². The minimum atomic E-state index is -3.34. The number of thiophene rings is 1. The van der Waals surface area contributed by atoms with Gasteiger partial charge in [0.1, 0.15) is 17.4 Å². The van der Waals surface area contributed by atoms with Gasteiger partial charge in [0.15, 0.2) is 5.82 Å². The Morgan fingerprint density at radius 2 is 1.85 bits per heavy atom. The molecule has 33 heavy (non-hydrogen) atoms. The van der Waals surface area contributed by atoms with E-state index in [-0.39, 0.29) is 6.61 Å². The second-order valence-electron chi connectivity index (χ2n) is 8.12. The molecule has 0 atom stereocenters. The summed E-state index contributed by atoms with van der Waals surface area (Å²) < 4.78 is 28.9. The average Bonchev–Trinajstić information content (AvgIpc) is 3.30. The first-order chi connectivity index (χ1) is 15.8. The molecule has 0 amide bonds. The predicted molar refractivity (Wildman–Crippen MR) is 132 cm³/mol. The van der Waals surface area contributed by atoms with E-state index >= 15 is 0 Å². The Bertz CT molecular complexity index is 1260. The summed E-state index contributed by atoms with van der Waals surface area (Å²) >= 11 is 8.29. The maximum Gasteiger partial charge on any atom is 0.264 e. The lowest BCUT2D eigenvalue weighted by molar-refractivity contribution is 0.309. The number of aromatic nitrogens is 3. The molecule has 0 radical (unpaired) electrons. The minimum Gasteiger partial charge on any atom is -0.276 e. The lowest BCUT2D eigenvalue weighted by Gasteiger charge is -2.08. The lowest BCUT2D eigenvalue weighted by atomic mass is 10.0. The van der Waals surface area contributed by atoms with Crippen molar-refractivity contribution in [3.8, 4) is 5.00 Å². The van der Waals surface area contributed by atoms with E-state index in [2.05, 4.69) is 20.8 Å². The molecule has 0 aliphatic carbocycles. The molecule has 3 aromatic rings. The quantitative estimate of drug-likeness (QED) is 0.281. The van der Waals surface area contributed by atoms with Gasteiger partial charge in [-0.05, 0) is 38.3 Å². The number of unbranched alkanes of at least 4 members (excludes halogenated alkanes) is 4. The highest BCUT2D eigenvalue weighted by Gasteiger charge is 2.25. The van der Waals surface area contributed by atoms with Gasteiger partial charge in [-0.1, -0.05) is 49.1 Å². The first-order valence-corrected chi connectivity index (χ1v) is 14.0. The molecule has 0 fully saturated rings. The number of nitrogens with zero attached hydrogens (tertiary/aromatic N) is 4. The third kappa shape index (κ3) is 5.90. The van der Waals surface area contributed by atoms with E-state index in [9.17, 15) is 8.42 Å². The minimum absolute atomic E-state index is 0.265. The Balaban J connectivity index is 1.46. The molecule has 2 aromatic heterocycles. The van der Waals surface area contributed by atoms with E-state index in [1.54, 1.807) is 11.3 Å². The molecular formula is C23H27ClN4O3S2. The zero-order valence-electron chi connectivity index (χ0n) is 18.8. The fraction of sp³-hybridized carbons (Fsp3) is 0.435. The molecule has 4 rings (SSSR count). The molecule has 176 valence electrons. The van der Waals surface area contributed by atoms with Gasteiger partial charge in [-0.15, -0.1) is 21.5 Å². The molecular weight excluding hydrogens is 480 g/mol. The largest absolute Gasteiger partial charge is 0.276 e. The molecule has 0 N–H and O–H groups in total. The Hall–Kier alpha value is -2.07. The summed E-state index contributed by atoms with van der Waals surface area (Å²) in [7, 11) is -3.34. The van der Waals surface area contributed by atoms with Crippen LogP contribution in [0, 0.1) is 6.92 Å². The van der Waals surface area contributed by atoms with Gasteiger partial charge in [-0.2, -0.15) is 8.42 Å². The zero-order chi connectivity index (χ0) is 23.4. The second kappa shape index (κ2) is 10.5. The van der Waals surface area contributed by atoms with Gasteiger partial charge < -0.3 is 0 Å². The molecule has 7 nitrogen and oxygen atoms in total. The molecule has 3 heterocycles. The van der Waals surface area contributed by atoms with Gasteiger partial charge in [0.25, 0.3) is 10.1 Å². The van der Waals surface area contributed by atoms with E-state index in [0.29, 0.717) is 11.6 Å². The van der Waals surface area contributed by atoms with E-state index < -0.39 is 10.1 Å². The smallest absolute Gasteiger partial charge is 0.264 e. The highest BCUT2D eigenvalue weighted by atomic mass is 35.5. The number of halogens is 1. The van der Waals surface area contributed by atoms with E-state index in [1.165, 1.54) is 4.88 Å². The van der Waals surface area contributed by atoms with Gasteiger partial charge in [-0.3, -0.25) is 13.7 Å². The fourth-order valence-corrected chi connectivity index (χ4v) is 5.84. The van der Waals surface area contributed by atoms with Crippen LogP contribution >= 0.6 is 22.9 Å². The monoisotopic (exact) mass is 506 g/mol. The van der Waals surface area contributed by atoms with Crippen molar-refractivity contribution < 1.29 is 12.6 Å². The van der Waals surface area contributed by atoms with Gasteiger partial charge in [0.05, 0.1) is 18.6 Å². The third-order valence-electron chi connectivity index (χ3n) is 5.49. The van der Waals surface area contributed by atoms with E-state index in [1.807, 2.05) is 31.2 Å². The maximum absolute atomic E-state index is 11.0. The van der Waals surface area contributed by atoms with Crippen LogP contribution in [-0.2, 0) is 27.3 Å². The standard InChI is InChI=1S/C23H27ClN4O3S2/c1-16-26-27-21-15-25-22(18-11-7-8-12-20(18)24)19-14-17(32-23(19)28(16)21)10-6-4-3-5-9-13-31-33(2,29)30/h7-8,11-12,14H,3-6,9-10,13,15H2,1-2H3. The van der Waals surface area contributed by atoms with Gasteiger partial charge >= 0.3 is 0 Å². The van der Waals surface area contributed by atoms with Crippen LogP contribution < -0.4 is 0 Å². The third-order valence-corrected chi connectivity index (χ3v) is 7.59. The zero-order valence-corrected chi connectivity index (χ0v) is 21.1. The molecule has 1 aromatic carbocycles. The summed E-state index contributed by atoms with van der Waals surface area (Å²) in [5.74, 6) is 1.69. The highest BCUT2D eigenvalue weighted by Crippen LogP contribution is 2.35. The fourth-order valence-electron chi connectivity index (χ4n) is 3.92. The maximum atomic E-state index is 11.0. The van der Waals surface area contributed by atoms with Crippen LogP contribution in [0.3, 0.4) is 0 Å². The van der Waals surface area contributed by atoms with Crippen LogP contribution in [0.1, 0.15) is 59.8 Å². The van der Waals surface area contributed by atoms with Crippen LogP contribution in [0.4, 0.5) is 0 Å². The van der Waals surface area contributed by atoms with Crippen molar-refractivity contribution in [1.82, 2.24) is 14.8 Å². The summed E-state index contributed by atoms with van der Waals surface area (Å²) in [6.07, 6.45) is 6.99. The van der Waals surface area contributed by atoms with Crippen molar-refractivity contribution >= 4 is 38.8 Å². The summed E-state index contributed by atoms with van der Waals surface area (Å²) in [5, 5.41) is 10.4. The second-order valence-corrected chi connectivity index (χ2v) is 11.3. The van der Waals surface area contributed by atoms with Gasteiger partial charge in [0, 0.05) is 21.0 Å². The predicted octanol–water partition coefficient (Wildman–Crippen LogP) is 5.11. The van der Waals surface area contributed by atoms with Crippen molar-refractivity contribution in [2.75, 3.05) is 12.9 Å². The lowest BCUT2D eigenvalue weighted by Crippen LogP contribution is -2.05. The number of aliphatic imine (C=N–C) groups is 1. The molecule has 0 saturated carbocycles. The first-order valence-electron chi connectivity index (χ1n) is 11.0. The average molecular weight is 507 g/mol. The number of benzene rings is 1. The van der Waals surface area contributed by atoms with Crippen molar-refractivity contribution in [3.05, 3.63) is 63.0 Å². The van der Waals surface area contributed by atoms with Crippen molar-refractivity contribution in [3.63, 3.8) is 0 Å². The Kier molecular flexibility index (Phi) is 7.63. The Labute approximate surface area is 203 Å². The van der Waals surface area contributed by atoms with Crippen LogP contribution in [-0.4, -0.2) is 41.8 Å². The van der Waals surface area contributed by atoms with Gasteiger partial charge in [0.2, 0.25) is 0 Å². The molecule has 1 aliphatic heterocycles. The van der Waals surface area contributed by atoms with Crippen LogP contribution in [0.25, 0.3) is 5.00 Å². The SMILES string of the molecule is Cc1nnc2n1-c1sc(CCCCCCCOS(C)(=O)=O)cc1C(c1ccccc1Cl)=NC2. The van der Waals surface area contributed by atoms with Crippen molar-refractivity contribution in [2.45, 2.75) is 52.0 Å². The molecule has 0 bridgehead atoms. The number of rotatable bonds is 10. The summed E-state index contributed by atoms with van der Waals surface area (Å²) in [6.45, 7) is 2.69. The molecule has 0 saturated heterocycles. The molecule has 0 spiro atoms. The number of hydrogen-bond acceptors (Lipinski definition) is 7. The topological polar surface area (TPSA) is 86.4 Å². The normalized spacial score (nSPS) is 13.4. The molecule has 0 unspecified atom stereocenters. The molecule has 1 aliphatic rings. The van der Waals surface area contributed by atoms with Crippen molar-refractivity contribution in [1.29, 1.82) is 0 Å². The summed E-state index contributed by atoms with van der Waals surface area (Å²) in [6, 6.07) is 10.0. The summed E-state index contributed by atoms with van der Waals surface area (Å²) in [5.41, 5.74) is 2.90.